The molecule has 2 aromatic carbocycles. The maximum Gasteiger partial charge on any atom is 0.411 e. The molecular formula is C31H34FN3O5S. The number of fused-ring (bicyclic) bond motifs is 3. The second kappa shape index (κ2) is 11.6. The van der Waals surface area contributed by atoms with E-state index in [-0.39, 0.29) is 46.6 Å². The van der Waals surface area contributed by atoms with Crippen LogP contribution in [0.15, 0.2) is 41.3 Å². The van der Waals surface area contributed by atoms with Gasteiger partial charge in [-0.05, 0) is 93.7 Å². The number of carbonyl (C=O) groups is 2. The number of sulfone groups is 1. The molecule has 2 aromatic rings. The van der Waals surface area contributed by atoms with Crippen LogP contribution in [0.2, 0.25) is 0 Å². The standard InChI is InChI=1S/C31H34FN3O5S/c1-31(2,3)40-30(37)35-25-10-7-20(8-11-25)29(35)27(36)14-19(17-33)13-23-6-5-22(16-26(23)32)21-9-12-28(41(4,38)39)24(15-21)18-34/h5-6,9,12,15-16,19-20,25,29H,7-8,10-11,13-14H2,1-4H3/t19-,20?,25?,29+/m1/s1. The zero-order chi connectivity index (χ0) is 30.1. The van der Waals surface area contributed by atoms with Crippen LogP contribution in [-0.4, -0.2) is 49.1 Å². The van der Waals surface area contributed by atoms with Crippen molar-refractivity contribution in [2.75, 3.05) is 6.26 Å². The number of piperidine rings is 2. The number of nitrogens with zero attached hydrogens (tertiary/aromatic N) is 3. The van der Waals surface area contributed by atoms with E-state index in [9.17, 15) is 28.5 Å². The largest absolute Gasteiger partial charge is 0.444 e. The van der Waals surface area contributed by atoms with Crippen molar-refractivity contribution in [1.82, 2.24) is 4.90 Å². The van der Waals surface area contributed by atoms with Crippen molar-refractivity contribution >= 4 is 21.7 Å². The molecule has 0 spiro atoms. The van der Waals surface area contributed by atoms with Crippen LogP contribution >= 0.6 is 0 Å². The highest BCUT2D eigenvalue weighted by Gasteiger charge is 2.48. The van der Waals surface area contributed by atoms with E-state index in [4.69, 9.17) is 4.74 Å². The summed E-state index contributed by atoms with van der Waals surface area (Å²) in [6.45, 7) is 5.34. The van der Waals surface area contributed by atoms with Gasteiger partial charge in [-0.15, -0.1) is 0 Å². The molecule has 10 heteroatoms. The minimum absolute atomic E-state index is 0.0120. The van der Waals surface area contributed by atoms with Gasteiger partial charge in [0.25, 0.3) is 0 Å². The van der Waals surface area contributed by atoms with Gasteiger partial charge in [-0.1, -0.05) is 18.2 Å². The predicted octanol–water partition coefficient (Wildman–Crippen LogP) is 5.59. The first-order valence-corrected chi connectivity index (χ1v) is 15.6. The van der Waals surface area contributed by atoms with Crippen LogP contribution < -0.4 is 0 Å². The molecule has 3 aliphatic rings. The Morgan fingerprint density at radius 3 is 2.27 bits per heavy atom. The van der Waals surface area contributed by atoms with Crippen molar-refractivity contribution in [3.63, 3.8) is 0 Å². The van der Waals surface area contributed by atoms with Crippen molar-refractivity contribution in [2.45, 2.75) is 81.9 Å². The molecule has 1 saturated carbocycles. The van der Waals surface area contributed by atoms with E-state index in [1.807, 2.05) is 6.07 Å². The van der Waals surface area contributed by atoms with Crippen molar-refractivity contribution in [3.8, 4) is 23.3 Å². The first kappa shape index (κ1) is 30.2. The van der Waals surface area contributed by atoms with E-state index < -0.39 is 39.3 Å². The third-order valence-electron chi connectivity index (χ3n) is 7.80. The van der Waals surface area contributed by atoms with Gasteiger partial charge in [-0.3, -0.25) is 9.69 Å². The molecule has 2 saturated heterocycles. The lowest BCUT2D eigenvalue weighted by Crippen LogP contribution is -2.61. The molecule has 8 nitrogen and oxygen atoms in total. The number of ether oxygens (including phenoxy) is 1. The summed E-state index contributed by atoms with van der Waals surface area (Å²) in [4.78, 5) is 28.1. The normalized spacial score (nSPS) is 21.0. The van der Waals surface area contributed by atoms with Crippen molar-refractivity contribution in [3.05, 3.63) is 53.3 Å². The lowest BCUT2D eigenvalue weighted by atomic mass is 9.72. The zero-order valence-corrected chi connectivity index (χ0v) is 24.5. The van der Waals surface area contributed by atoms with Gasteiger partial charge in [0, 0.05) is 18.7 Å². The maximum atomic E-state index is 15.2. The molecular weight excluding hydrogens is 545 g/mol. The molecule has 0 aromatic heterocycles. The first-order chi connectivity index (χ1) is 19.2. The highest BCUT2D eigenvalue weighted by molar-refractivity contribution is 7.90. The summed E-state index contributed by atoms with van der Waals surface area (Å²) in [6, 6.07) is 12.0. The Hall–Kier alpha value is -3.76. The number of rotatable bonds is 7. The van der Waals surface area contributed by atoms with Crippen LogP contribution in [0, 0.1) is 40.3 Å². The third kappa shape index (κ3) is 6.77. The average Bonchev–Trinajstić information content (AvgIpc) is 2.91. The van der Waals surface area contributed by atoms with E-state index in [2.05, 4.69) is 6.07 Å². The fourth-order valence-electron chi connectivity index (χ4n) is 5.95. The number of ketones is 1. The van der Waals surface area contributed by atoms with Gasteiger partial charge >= 0.3 is 6.09 Å². The number of nitriles is 2. The van der Waals surface area contributed by atoms with E-state index in [1.165, 1.54) is 30.3 Å². The van der Waals surface area contributed by atoms with Crippen LogP contribution in [-0.2, 0) is 25.8 Å². The Morgan fingerprint density at radius 1 is 1.07 bits per heavy atom. The summed E-state index contributed by atoms with van der Waals surface area (Å²) in [7, 11) is -3.60. The second-order valence-electron chi connectivity index (χ2n) is 12.0. The minimum atomic E-state index is -3.60. The molecule has 0 N–H and O–H groups in total. The SMILES string of the molecule is CC(C)(C)OC(=O)N1C2CCC(CC2)[C@H]1C(=O)C[C@H](C#N)Cc1ccc(-c2ccc(S(C)(=O)=O)c(C#N)c2)cc1F. The van der Waals surface area contributed by atoms with E-state index in [1.54, 1.807) is 31.7 Å². The molecule has 1 aliphatic carbocycles. The lowest BCUT2D eigenvalue weighted by Gasteiger charge is -2.50. The average molecular weight is 580 g/mol. The van der Waals surface area contributed by atoms with Gasteiger partial charge in [0.2, 0.25) is 0 Å². The topological polar surface area (TPSA) is 128 Å². The van der Waals surface area contributed by atoms with E-state index in [0.29, 0.717) is 11.1 Å². The summed E-state index contributed by atoms with van der Waals surface area (Å²) >= 11 is 0. The van der Waals surface area contributed by atoms with Crippen molar-refractivity contribution in [1.29, 1.82) is 10.5 Å². The Morgan fingerprint density at radius 2 is 1.71 bits per heavy atom. The van der Waals surface area contributed by atoms with Crippen LogP contribution in [0.1, 0.15) is 64.0 Å². The number of benzene rings is 2. The van der Waals surface area contributed by atoms with Crippen molar-refractivity contribution < 1.29 is 27.1 Å². The van der Waals surface area contributed by atoms with Crippen LogP contribution in [0.25, 0.3) is 11.1 Å². The van der Waals surface area contributed by atoms with E-state index in [0.717, 1.165) is 31.9 Å². The smallest absolute Gasteiger partial charge is 0.411 e. The Labute approximate surface area is 240 Å². The first-order valence-electron chi connectivity index (χ1n) is 13.7. The molecule has 2 heterocycles. The van der Waals surface area contributed by atoms with Gasteiger partial charge in [0.05, 0.1) is 28.5 Å². The second-order valence-corrected chi connectivity index (χ2v) is 14.0. The predicted molar refractivity (Wildman–Crippen MR) is 150 cm³/mol. The number of Topliss-reactive ketones (excluding diaryl/α,β-unsaturated/α-hetero) is 1. The molecule has 3 fully saturated rings. The van der Waals surface area contributed by atoms with Gasteiger partial charge in [0.1, 0.15) is 17.5 Å². The number of halogens is 1. The molecule has 1 amide bonds. The quantitative estimate of drug-likeness (QED) is 0.418. The molecule has 216 valence electrons. The number of hydrogen-bond donors (Lipinski definition) is 0. The van der Waals surface area contributed by atoms with Gasteiger partial charge in [-0.25, -0.2) is 17.6 Å². The minimum Gasteiger partial charge on any atom is -0.444 e. The molecule has 2 atom stereocenters. The summed E-state index contributed by atoms with van der Waals surface area (Å²) in [5.41, 5.74) is 0.441. The number of hydrogen-bond acceptors (Lipinski definition) is 7. The fraction of sp³-hybridized carbons (Fsp3) is 0.484. The summed E-state index contributed by atoms with van der Waals surface area (Å²) in [6.07, 6.45) is 3.73. The van der Waals surface area contributed by atoms with Crippen LogP contribution in [0.4, 0.5) is 9.18 Å². The highest BCUT2D eigenvalue weighted by atomic mass is 32.2. The molecule has 2 aliphatic heterocycles. The zero-order valence-electron chi connectivity index (χ0n) is 23.7. The monoisotopic (exact) mass is 579 g/mol. The fourth-order valence-corrected chi connectivity index (χ4v) is 6.77. The van der Waals surface area contributed by atoms with E-state index >= 15 is 4.39 Å². The number of carbonyl (C=O) groups excluding carboxylic acids is 2. The number of amides is 1. The third-order valence-corrected chi connectivity index (χ3v) is 8.95. The van der Waals surface area contributed by atoms with Crippen molar-refractivity contribution in [2.24, 2.45) is 11.8 Å². The summed E-state index contributed by atoms with van der Waals surface area (Å²) < 4.78 is 44.7. The Kier molecular flexibility index (Phi) is 8.56. The highest BCUT2D eigenvalue weighted by Crippen LogP contribution is 2.41. The molecule has 0 unspecified atom stereocenters. The molecule has 5 rings (SSSR count). The molecule has 41 heavy (non-hydrogen) atoms. The van der Waals surface area contributed by atoms with Crippen LogP contribution in [0.5, 0.6) is 0 Å². The molecule has 0 radical (unpaired) electrons. The van der Waals surface area contributed by atoms with Gasteiger partial charge < -0.3 is 4.74 Å². The Bertz CT molecular complexity index is 1540. The maximum absolute atomic E-state index is 15.2. The van der Waals surface area contributed by atoms with Gasteiger partial charge in [0.15, 0.2) is 15.6 Å². The summed E-state index contributed by atoms with van der Waals surface area (Å²) in [5.74, 6) is -1.55. The lowest BCUT2D eigenvalue weighted by molar-refractivity contribution is -0.133. The van der Waals surface area contributed by atoms with Crippen LogP contribution in [0.3, 0.4) is 0 Å². The molecule has 2 bridgehead atoms. The van der Waals surface area contributed by atoms with Gasteiger partial charge in [-0.2, -0.15) is 10.5 Å². The Balaban J connectivity index is 1.50. The summed E-state index contributed by atoms with van der Waals surface area (Å²) in [5, 5.41) is 19.3.